The highest BCUT2D eigenvalue weighted by Gasteiger charge is 2.25. The summed E-state index contributed by atoms with van der Waals surface area (Å²) in [5.74, 6) is 0.0696. The molecule has 0 saturated heterocycles. The SMILES string of the molecule is C=CCn1c(=O)n(-c2ccccc2C)c2nc(-c3ccc(C)cc3)nc(C(=O)NCCCC)c21. The number of aromatic nitrogens is 4. The number of carbonyl (C=O) groups is 1. The number of fused-ring (bicyclic) bond motifs is 1. The van der Waals surface area contributed by atoms with E-state index in [0.717, 1.165) is 29.5 Å². The molecule has 4 aromatic rings. The average molecular weight is 456 g/mol. The molecule has 0 unspecified atom stereocenters. The van der Waals surface area contributed by atoms with E-state index in [9.17, 15) is 9.59 Å². The van der Waals surface area contributed by atoms with Crippen LogP contribution in [0.4, 0.5) is 0 Å². The number of imidazole rings is 1. The summed E-state index contributed by atoms with van der Waals surface area (Å²) < 4.78 is 3.08. The molecule has 1 N–H and O–H groups in total. The maximum absolute atomic E-state index is 13.6. The Kier molecular flexibility index (Phi) is 6.72. The maximum Gasteiger partial charge on any atom is 0.335 e. The van der Waals surface area contributed by atoms with Gasteiger partial charge in [-0.1, -0.05) is 67.4 Å². The van der Waals surface area contributed by atoms with Gasteiger partial charge in [-0.2, -0.15) is 0 Å². The number of rotatable bonds is 8. The highest BCUT2D eigenvalue weighted by atomic mass is 16.2. The second-order valence-electron chi connectivity index (χ2n) is 8.35. The Balaban J connectivity index is 2.07. The number of allylic oxidation sites excluding steroid dienone is 1. The molecule has 0 aliphatic carbocycles. The van der Waals surface area contributed by atoms with Gasteiger partial charge in [0, 0.05) is 18.7 Å². The molecule has 0 radical (unpaired) electrons. The molecule has 2 aromatic heterocycles. The summed E-state index contributed by atoms with van der Waals surface area (Å²) in [5, 5.41) is 2.95. The molecule has 0 atom stereocenters. The maximum atomic E-state index is 13.6. The minimum Gasteiger partial charge on any atom is -0.351 e. The Labute approximate surface area is 198 Å². The van der Waals surface area contributed by atoms with Gasteiger partial charge in [0.15, 0.2) is 17.2 Å². The molecular weight excluding hydrogens is 426 g/mol. The highest BCUT2D eigenvalue weighted by molar-refractivity contribution is 6.03. The molecule has 4 rings (SSSR count). The van der Waals surface area contributed by atoms with Gasteiger partial charge in [-0.3, -0.25) is 9.36 Å². The summed E-state index contributed by atoms with van der Waals surface area (Å²) in [6.45, 7) is 10.6. The van der Waals surface area contributed by atoms with Crippen LogP contribution in [0.2, 0.25) is 0 Å². The third-order valence-corrected chi connectivity index (χ3v) is 5.78. The van der Waals surface area contributed by atoms with E-state index in [1.54, 1.807) is 10.6 Å². The van der Waals surface area contributed by atoms with Crippen molar-refractivity contribution in [3.05, 3.63) is 88.5 Å². The number of carbonyl (C=O) groups excluding carboxylic acids is 1. The van der Waals surface area contributed by atoms with Crippen LogP contribution in [0.3, 0.4) is 0 Å². The zero-order chi connectivity index (χ0) is 24.2. The molecule has 0 fully saturated rings. The molecule has 0 aliphatic rings. The van der Waals surface area contributed by atoms with Crippen molar-refractivity contribution in [2.45, 2.75) is 40.2 Å². The molecule has 2 aromatic carbocycles. The molecule has 0 saturated carbocycles. The lowest BCUT2D eigenvalue weighted by Crippen LogP contribution is -2.27. The summed E-state index contributed by atoms with van der Waals surface area (Å²) in [7, 11) is 0. The Bertz CT molecular complexity index is 1410. The minimum atomic E-state index is -0.325. The van der Waals surface area contributed by atoms with Crippen molar-refractivity contribution in [3.8, 4) is 17.1 Å². The molecular formula is C27H29N5O2. The number of nitrogens with zero attached hydrogens (tertiary/aromatic N) is 4. The van der Waals surface area contributed by atoms with Crippen molar-refractivity contribution in [3.63, 3.8) is 0 Å². The Morgan fingerprint density at radius 2 is 1.82 bits per heavy atom. The minimum absolute atomic E-state index is 0.183. The lowest BCUT2D eigenvalue weighted by Gasteiger charge is -2.10. The zero-order valence-electron chi connectivity index (χ0n) is 19.8. The predicted molar refractivity (Wildman–Crippen MR) is 135 cm³/mol. The van der Waals surface area contributed by atoms with Gasteiger partial charge in [0.25, 0.3) is 5.91 Å². The summed E-state index contributed by atoms with van der Waals surface area (Å²) in [6.07, 6.45) is 3.45. The van der Waals surface area contributed by atoms with Gasteiger partial charge >= 0.3 is 5.69 Å². The fourth-order valence-corrected chi connectivity index (χ4v) is 3.94. The third kappa shape index (κ3) is 4.29. The van der Waals surface area contributed by atoms with E-state index in [1.165, 1.54) is 4.57 Å². The van der Waals surface area contributed by atoms with Gasteiger partial charge in [0.2, 0.25) is 0 Å². The molecule has 0 spiro atoms. The number of benzene rings is 2. The van der Waals surface area contributed by atoms with Crippen LogP contribution in [0.15, 0.2) is 66.0 Å². The highest BCUT2D eigenvalue weighted by Crippen LogP contribution is 2.25. The molecule has 7 nitrogen and oxygen atoms in total. The van der Waals surface area contributed by atoms with E-state index >= 15 is 0 Å². The fraction of sp³-hybridized carbons (Fsp3) is 0.259. The number of hydrogen-bond acceptors (Lipinski definition) is 4. The number of hydrogen-bond donors (Lipinski definition) is 1. The summed E-state index contributed by atoms with van der Waals surface area (Å²) >= 11 is 0. The Morgan fingerprint density at radius 1 is 1.09 bits per heavy atom. The number of nitrogens with one attached hydrogen (secondary N) is 1. The van der Waals surface area contributed by atoms with Crippen molar-refractivity contribution in [1.29, 1.82) is 0 Å². The first-order valence-corrected chi connectivity index (χ1v) is 11.5. The number of para-hydroxylation sites is 1. The van der Waals surface area contributed by atoms with Crippen LogP contribution in [0.25, 0.3) is 28.2 Å². The fourth-order valence-electron chi connectivity index (χ4n) is 3.94. The molecule has 0 aliphatic heterocycles. The number of amides is 1. The smallest absolute Gasteiger partial charge is 0.335 e. The molecule has 1 amide bonds. The molecule has 2 heterocycles. The van der Waals surface area contributed by atoms with Crippen molar-refractivity contribution in [2.75, 3.05) is 6.54 Å². The zero-order valence-corrected chi connectivity index (χ0v) is 19.8. The van der Waals surface area contributed by atoms with Gasteiger partial charge in [0.05, 0.1) is 5.69 Å². The second kappa shape index (κ2) is 9.87. The van der Waals surface area contributed by atoms with Crippen LogP contribution in [-0.2, 0) is 6.54 Å². The van der Waals surface area contributed by atoms with Crippen molar-refractivity contribution >= 4 is 17.1 Å². The summed E-state index contributed by atoms with van der Waals surface area (Å²) in [4.78, 5) is 36.4. The van der Waals surface area contributed by atoms with Crippen LogP contribution in [-0.4, -0.2) is 31.6 Å². The average Bonchev–Trinajstić information content (AvgIpc) is 3.11. The summed E-state index contributed by atoms with van der Waals surface area (Å²) in [6, 6.07) is 15.4. The van der Waals surface area contributed by atoms with Crippen LogP contribution in [0.1, 0.15) is 41.4 Å². The molecule has 34 heavy (non-hydrogen) atoms. The first-order valence-electron chi connectivity index (χ1n) is 11.5. The van der Waals surface area contributed by atoms with E-state index < -0.39 is 0 Å². The number of unbranched alkanes of at least 4 members (excludes halogenated alkanes) is 1. The largest absolute Gasteiger partial charge is 0.351 e. The van der Waals surface area contributed by atoms with E-state index in [0.29, 0.717) is 29.2 Å². The van der Waals surface area contributed by atoms with Crippen molar-refractivity contribution in [1.82, 2.24) is 24.4 Å². The van der Waals surface area contributed by atoms with E-state index in [4.69, 9.17) is 4.98 Å². The van der Waals surface area contributed by atoms with Gasteiger partial charge in [0.1, 0.15) is 5.52 Å². The second-order valence-corrected chi connectivity index (χ2v) is 8.35. The lowest BCUT2D eigenvalue weighted by molar-refractivity contribution is 0.0949. The Morgan fingerprint density at radius 3 is 2.50 bits per heavy atom. The van der Waals surface area contributed by atoms with Gasteiger partial charge < -0.3 is 5.32 Å². The predicted octanol–water partition coefficient (Wildman–Crippen LogP) is 4.58. The normalized spacial score (nSPS) is 11.0. The first kappa shape index (κ1) is 23.2. The molecule has 7 heteroatoms. The Hall–Kier alpha value is -4.00. The van der Waals surface area contributed by atoms with E-state index in [-0.39, 0.29) is 23.8 Å². The van der Waals surface area contributed by atoms with Gasteiger partial charge in [-0.25, -0.2) is 19.3 Å². The van der Waals surface area contributed by atoms with Crippen LogP contribution < -0.4 is 11.0 Å². The number of aryl methyl sites for hydroxylation is 2. The van der Waals surface area contributed by atoms with E-state index in [2.05, 4.69) is 23.8 Å². The molecule has 174 valence electrons. The lowest BCUT2D eigenvalue weighted by atomic mass is 10.1. The van der Waals surface area contributed by atoms with Gasteiger partial charge in [-0.05, 0) is 31.9 Å². The standard InChI is InChI=1S/C27H29N5O2/c1-5-7-16-28-26(33)22-23-25(30-24(29-22)20-14-12-18(3)13-15-20)32(27(34)31(23)17-6-2)21-11-9-8-10-19(21)4/h6,8-15H,2,5,7,16-17H2,1,3-4H3,(H,28,33). The van der Waals surface area contributed by atoms with Gasteiger partial charge in [-0.15, -0.1) is 6.58 Å². The summed E-state index contributed by atoms with van der Waals surface area (Å²) in [5.41, 5.74) is 4.21. The van der Waals surface area contributed by atoms with Crippen LogP contribution >= 0.6 is 0 Å². The first-order chi connectivity index (χ1) is 16.5. The van der Waals surface area contributed by atoms with Crippen LogP contribution in [0.5, 0.6) is 0 Å². The van der Waals surface area contributed by atoms with E-state index in [1.807, 2.05) is 62.4 Å². The quantitative estimate of drug-likeness (QED) is 0.311. The van der Waals surface area contributed by atoms with Crippen molar-refractivity contribution in [2.24, 2.45) is 0 Å². The molecule has 0 bridgehead atoms. The topological polar surface area (TPSA) is 81.8 Å². The third-order valence-electron chi connectivity index (χ3n) is 5.78. The van der Waals surface area contributed by atoms with Crippen molar-refractivity contribution < 1.29 is 4.79 Å². The monoisotopic (exact) mass is 455 g/mol. The van der Waals surface area contributed by atoms with Crippen LogP contribution in [0, 0.1) is 13.8 Å².